The van der Waals surface area contributed by atoms with Crippen LogP contribution in [0.25, 0.3) is 5.65 Å². The van der Waals surface area contributed by atoms with Crippen molar-refractivity contribution in [3.63, 3.8) is 0 Å². The molecule has 2 aromatic rings. The van der Waals surface area contributed by atoms with Crippen molar-refractivity contribution in [3.8, 4) is 0 Å². The fraction of sp³-hybridized carbons (Fsp3) is 0.529. The number of hydrogen-bond donors (Lipinski definition) is 1. The van der Waals surface area contributed by atoms with Crippen LogP contribution in [0, 0.1) is 6.92 Å². The molecule has 1 fully saturated rings. The lowest BCUT2D eigenvalue weighted by molar-refractivity contribution is -0.194. The summed E-state index contributed by atoms with van der Waals surface area (Å²) in [4.78, 5) is 17.0. The summed E-state index contributed by atoms with van der Waals surface area (Å²) in [6, 6.07) is 1.98. The maximum absolute atomic E-state index is 13.4. The van der Waals surface area contributed by atoms with Gasteiger partial charge in [-0.3, -0.25) is 9.69 Å². The van der Waals surface area contributed by atoms with Crippen LogP contribution in [-0.4, -0.2) is 45.0 Å². The number of pyridine rings is 1. The molecule has 1 saturated heterocycles. The molecule has 0 aliphatic carbocycles. The van der Waals surface area contributed by atoms with Crippen LogP contribution < -0.4 is 5.32 Å². The Morgan fingerprint density at radius 1 is 1.32 bits per heavy atom. The highest BCUT2D eigenvalue weighted by molar-refractivity contribution is 5.73. The van der Waals surface area contributed by atoms with E-state index in [1.807, 2.05) is 29.7 Å². The van der Waals surface area contributed by atoms with E-state index in [2.05, 4.69) is 10.3 Å². The van der Waals surface area contributed by atoms with Crippen LogP contribution in [0.3, 0.4) is 0 Å². The third kappa shape index (κ3) is 4.12. The number of fused-ring (bicyclic) bond motifs is 1. The summed E-state index contributed by atoms with van der Waals surface area (Å²) in [5.41, 5.74) is 2.34. The predicted octanol–water partition coefficient (Wildman–Crippen LogP) is 2.67. The minimum Gasteiger partial charge on any atom is -0.352 e. The highest BCUT2D eigenvalue weighted by Gasteiger charge is 2.46. The van der Waals surface area contributed by atoms with Crippen LogP contribution >= 0.6 is 0 Å². The van der Waals surface area contributed by atoms with Crippen molar-refractivity contribution >= 4 is 11.6 Å². The summed E-state index contributed by atoms with van der Waals surface area (Å²) in [5.74, 6) is -0.224. The Kier molecular flexibility index (Phi) is 4.73. The molecule has 2 unspecified atom stereocenters. The largest absolute Gasteiger partial charge is 0.404 e. The molecule has 1 aliphatic heterocycles. The highest BCUT2D eigenvalue weighted by atomic mass is 19.4. The molecule has 25 heavy (non-hydrogen) atoms. The number of hydrogen-bond acceptors (Lipinski definition) is 3. The molecule has 0 radical (unpaired) electrons. The first-order chi connectivity index (χ1) is 11.7. The van der Waals surface area contributed by atoms with Crippen molar-refractivity contribution in [1.82, 2.24) is 19.6 Å². The number of imidazole rings is 1. The monoisotopic (exact) mass is 354 g/mol. The summed E-state index contributed by atoms with van der Waals surface area (Å²) in [7, 11) is 0. The molecule has 2 atom stereocenters. The number of likely N-dealkylation sites (tertiary alicyclic amines) is 1. The number of carbonyl (C=O) groups excluding carboxylic acids is 1. The number of nitrogens with zero attached hydrogens (tertiary/aromatic N) is 3. The van der Waals surface area contributed by atoms with E-state index in [1.165, 1.54) is 11.8 Å². The van der Waals surface area contributed by atoms with E-state index in [4.69, 9.17) is 0 Å². The molecule has 2 aromatic heterocycles. The predicted molar refractivity (Wildman–Crippen MR) is 87.0 cm³/mol. The van der Waals surface area contributed by atoms with Gasteiger partial charge in [0.05, 0.1) is 5.69 Å². The standard InChI is InChI=1S/C17H21F3N4O/c1-11-3-6-16-22-14(10-24(16)7-11)9-23-8-13(21-12(2)25)4-5-15(23)17(18,19)20/h3,6-7,10,13,15H,4-5,8-9H2,1-2H3,(H,21,25). The normalized spacial score (nSPS) is 22.3. The average molecular weight is 354 g/mol. The second-order valence-corrected chi connectivity index (χ2v) is 6.67. The molecule has 3 rings (SSSR count). The minimum absolute atomic E-state index is 0.0269. The highest BCUT2D eigenvalue weighted by Crippen LogP contribution is 2.33. The van der Waals surface area contributed by atoms with Gasteiger partial charge in [-0.25, -0.2) is 4.98 Å². The maximum Gasteiger partial charge on any atom is 0.404 e. The van der Waals surface area contributed by atoms with Gasteiger partial charge in [0.25, 0.3) is 0 Å². The van der Waals surface area contributed by atoms with Crippen LogP contribution in [0.4, 0.5) is 13.2 Å². The second-order valence-electron chi connectivity index (χ2n) is 6.67. The van der Waals surface area contributed by atoms with Gasteiger partial charge in [-0.2, -0.15) is 13.2 Å². The molecular formula is C17H21F3N4O. The third-order valence-electron chi connectivity index (χ3n) is 4.48. The molecule has 136 valence electrons. The lowest BCUT2D eigenvalue weighted by Crippen LogP contribution is -2.55. The molecule has 3 heterocycles. The van der Waals surface area contributed by atoms with E-state index < -0.39 is 12.2 Å². The van der Waals surface area contributed by atoms with Gasteiger partial charge >= 0.3 is 6.18 Å². The van der Waals surface area contributed by atoms with Crippen LogP contribution in [0.1, 0.15) is 31.0 Å². The van der Waals surface area contributed by atoms with Gasteiger partial charge in [-0.1, -0.05) is 6.07 Å². The summed E-state index contributed by atoms with van der Waals surface area (Å²) in [6.45, 7) is 3.59. The van der Waals surface area contributed by atoms with Crippen LogP contribution in [0.2, 0.25) is 0 Å². The Bertz CT molecular complexity index is 771. The fourth-order valence-corrected chi connectivity index (χ4v) is 3.43. The summed E-state index contributed by atoms with van der Waals surface area (Å²) < 4.78 is 42.0. The number of nitrogens with one attached hydrogen (secondary N) is 1. The molecule has 0 bridgehead atoms. The third-order valence-corrected chi connectivity index (χ3v) is 4.48. The Morgan fingerprint density at radius 3 is 2.76 bits per heavy atom. The van der Waals surface area contributed by atoms with Gasteiger partial charge in [0, 0.05) is 38.4 Å². The van der Waals surface area contributed by atoms with Crippen molar-refractivity contribution in [2.45, 2.75) is 51.5 Å². The first kappa shape index (κ1) is 17.7. The number of alkyl halides is 3. The first-order valence-electron chi connectivity index (χ1n) is 8.24. The number of carbonyl (C=O) groups is 1. The van der Waals surface area contributed by atoms with Gasteiger partial charge in [0.1, 0.15) is 11.7 Å². The van der Waals surface area contributed by atoms with Crippen LogP contribution in [0.15, 0.2) is 24.5 Å². The molecule has 1 N–H and O–H groups in total. The average Bonchev–Trinajstić information content (AvgIpc) is 2.86. The molecule has 0 aromatic carbocycles. The van der Waals surface area contributed by atoms with E-state index in [1.54, 1.807) is 6.20 Å². The Hall–Kier alpha value is -2.09. The Labute approximate surface area is 143 Å². The molecule has 0 spiro atoms. The van der Waals surface area contributed by atoms with E-state index in [0.717, 1.165) is 5.56 Å². The molecule has 8 heteroatoms. The number of aromatic nitrogens is 2. The van der Waals surface area contributed by atoms with E-state index in [9.17, 15) is 18.0 Å². The second kappa shape index (κ2) is 6.67. The summed E-state index contributed by atoms with van der Waals surface area (Å²) in [5, 5.41) is 2.73. The van der Waals surface area contributed by atoms with Crippen LogP contribution in [0.5, 0.6) is 0 Å². The summed E-state index contributed by atoms with van der Waals surface area (Å²) in [6.07, 6.45) is -0.344. The Morgan fingerprint density at radius 2 is 2.08 bits per heavy atom. The van der Waals surface area contributed by atoms with Gasteiger partial charge in [-0.05, 0) is 31.4 Å². The van der Waals surface area contributed by atoms with Gasteiger partial charge in [0.15, 0.2) is 0 Å². The van der Waals surface area contributed by atoms with Crippen LogP contribution in [-0.2, 0) is 11.3 Å². The molecule has 1 aliphatic rings. The molecule has 0 saturated carbocycles. The molecule has 5 nitrogen and oxygen atoms in total. The van der Waals surface area contributed by atoms with Gasteiger partial charge in [0.2, 0.25) is 5.91 Å². The number of piperidine rings is 1. The van der Waals surface area contributed by atoms with Crippen molar-refractivity contribution in [1.29, 1.82) is 0 Å². The smallest absolute Gasteiger partial charge is 0.352 e. The van der Waals surface area contributed by atoms with Crippen molar-refractivity contribution in [2.75, 3.05) is 6.54 Å². The topological polar surface area (TPSA) is 49.6 Å². The quantitative estimate of drug-likeness (QED) is 0.922. The number of rotatable bonds is 3. The van der Waals surface area contributed by atoms with Gasteiger partial charge in [-0.15, -0.1) is 0 Å². The SMILES string of the molecule is CC(=O)NC1CCC(C(F)(F)F)N(Cc2cn3cc(C)ccc3n2)C1. The molecular weight excluding hydrogens is 333 g/mol. The number of amides is 1. The lowest BCUT2D eigenvalue weighted by Gasteiger charge is -2.40. The maximum atomic E-state index is 13.4. The zero-order valence-electron chi connectivity index (χ0n) is 14.2. The van der Waals surface area contributed by atoms with Crippen molar-refractivity contribution in [3.05, 3.63) is 35.8 Å². The zero-order valence-corrected chi connectivity index (χ0v) is 14.2. The van der Waals surface area contributed by atoms with Crippen molar-refractivity contribution < 1.29 is 18.0 Å². The first-order valence-corrected chi connectivity index (χ1v) is 8.24. The summed E-state index contributed by atoms with van der Waals surface area (Å²) >= 11 is 0. The van der Waals surface area contributed by atoms with Crippen molar-refractivity contribution in [2.24, 2.45) is 0 Å². The van der Waals surface area contributed by atoms with E-state index >= 15 is 0 Å². The Balaban J connectivity index is 1.82. The lowest BCUT2D eigenvalue weighted by atomic mass is 9.97. The molecule has 1 amide bonds. The van der Waals surface area contributed by atoms with Gasteiger partial charge < -0.3 is 9.72 Å². The number of aryl methyl sites for hydroxylation is 1. The van der Waals surface area contributed by atoms with E-state index in [-0.39, 0.29) is 31.5 Å². The zero-order chi connectivity index (χ0) is 18.2. The fourth-order valence-electron chi connectivity index (χ4n) is 3.43. The minimum atomic E-state index is -4.29. The van der Waals surface area contributed by atoms with E-state index in [0.29, 0.717) is 17.8 Å². The number of halogens is 3.